The van der Waals surface area contributed by atoms with Crippen molar-refractivity contribution in [2.24, 2.45) is 5.41 Å². The molecular weight excluding hydrogens is 152 g/mol. The van der Waals surface area contributed by atoms with Crippen molar-refractivity contribution >= 4 is 5.97 Å². The molecule has 0 aromatic heterocycles. The van der Waals surface area contributed by atoms with Crippen LogP contribution < -0.4 is 0 Å². The van der Waals surface area contributed by atoms with Crippen LogP contribution in [0.25, 0.3) is 0 Å². The summed E-state index contributed by atoms with van der Waals surface area (Å²) >= 11 is 0. The first kappa shape index (κ1) is 11.2. The fourth-order valence-corrected chi connectivity index (χ4v) is 0.438. The van der Waals surface area contributed by atoms with E-state index in [1.807, 2.05) is 27.7 Å². The zero-order chi connectivity index (χ0) is 9.94. The van der Waals surface area contributed by atoms with E-state index in [9.17, 15) is 4.79 Å². The molecule has 0 heterocycles. The smallest absolute Gasteiger partial charge is 0.333 e. The van der Waals surface area contributed by atoms with Crippen molar-refractivity contribution in [3.05, 3.63) is 12.2 Å². The van der Waals surface area contributed by atoms with Crippen molar-refractivity contribution in [2.75, 3.05) is 0 Å². The summed E-state index contributed by atoms with van der Waals surface area (Å²) in [5.74, 6) is -0.308. The number of hydrogen-bond donors (Lipinski definition) is 0. The van der Waals surface area contributed by atoms with Crippen LogP contribution in [0.2, 0.25) is 0 Å². The second kappa shape index (κ2) is 3.74. The average Bonchev–Trinajstić information content (AvgIpc) is 1.85. The molecule has 0 aliphatic carbocycles. The molecule has 1 unspecified atom stereocenters. The van der Waals surface area contributed by atoms with Gasteiger partial charge in [-0.3, -0.25) is 0 Å². The molecule has 0 N–H and O–H groups in total. The van der Waals surface area contributed by atoms with E-state index < -0.39 is 0 Å². The topological polar surface area (TPSA) is 26.3 Å². The lowest BCUT2D eigenvalue weighted by atomic mass is 9.90. The SMILES string of the molecule is C=C(C)C(=O)OC(C)C(C)(C)C. The van der Waals surface area contributed by atoms with Crippen LogP contribution in [-0.4, -0.2) is 12.1 Å². The zero-order valence-electron chi connectivity index (χ0n) is 8.60. The molecule has 0 aliphatic rings. The van der Waals surface area contributed by atoms with E-state index >= 15 is 0 Å². The highest BCUT2D eigenvalue weighted by Gasteiger charge is 2.23. The van der Waals surface area contributed by atoms with Gasteiger partial charge in [-0.1, -0.05) is 27.4 Å². The van der Waals surface area contributed by atoms with E-state index in [-0.39, 0.29) is 17.5 Å². The normalized spacial score (nSPS) is 13.8. The highest BCUT2D eigenvalue weighted by Crippen LogP contribution is 2.22. The van der Waals surface area contributed by atoms with Crippen LogP contribution >= 0.6 is 0 Å². The summed E-state index contributed by atoms with van der Waals surface area (Å²) < 4.78 is 5.14. The molecule has 1 atom stereocenters. The highest BCUT2D eigenvalue weighted by molar-refractivity contribution is 5.87. The standard InChI is InChI=1S/C10H18O2/c1-7(2)9(11)12-8(3)10(4,5)6/h8H,1H2,2-6H3. The van der Waals surface area contributed by atoms with Gasteiger partial charge in [0.25, 0.3) is 0 Å². The molecule has 0 aliphatic heterocycles. The molecule has 2 heteroatoms. The molecular formula is C10H18O2. The van der Waals surface area contributed by atoms with E-state index in [0.29, 0.717) is 5.57 Å². The third kappa shape index (κ3) is 3.56. The first-order valence-electron chi connectivity index (χ1n) is 4.11. The van der Waals surface area contributed by atoms with Crippen LogP contribution in [0.15, 0.2) is 12.2 Å². The van der Waals surface area contributed by atoms with E-state index in [1.54, 1.807) is 6.92 Å². The van der Waals surface area contributed by atoms with Gasteiger partial charge in [-0.2, -0.15) is 0 Å². The van der Waals surface area contributed by atoms with Gasteiger partial charge in [0.15, 0.2) is 0 Å². The van der Waals surface area contributed by atoms with Crippen LogP contribution in [-0.2, 0) is 9.53 Å². The fraction of sp³-hybridized carbons (Fsp3) is 0.700. The van der Waals surface area contributed by atoms with Crippen LogP contribution in [0.5, 0.6) is 0 Å². The predicted molar refractivity (Wildman–Crippen MR) is 49.8 cm³/mol. The molecule has 0 bridgehead atoms. The van der Waals surface area contributed by atoms with Gasteiger partial charge in [-0.15, -0.1) is 0 Å². The van der Waals surface area contributed by atoms with Crippen molar-refractivity contribution in [1.29, 1.82) is 0 Å². The Morgan fingerprint density at radius 3 is 2.08 bits per heavy atom. The Labute approximate surface area is 74.6 Å². The van der Waals surface area contributed by atoms with Gasteiger partial charge in [-0.25, -0.2) is 4.79 Å². The molecule has 0 rings (SSSR count). The largest absolute Gasteiger partial charge is 0.459 e. The van der Waals surface area contributed by atoms with Crippen molar-refractivity contribution < 1.29 is 9.53 Å². The van der Waals surface area contributed by atoms with Crippen LogP contribution in [0.4, 0.5) is 0 Å². The number of hydrogen-bond acceptors (Lipinski definition) is 2. The summed E-state index contributed by atoms with van der Waals surface area (Å²) in [7, 11) is 0. The Bertz CT molecular complexity index is 187. The lowest BCUT2D eigenvalue weighted by molar-refractivity contribution is -0.148. The van der Waals surface area contributed by atoms with Crippen LogP contribution in [0.3, 0.4) is 0 Å². The summed E-state index contributed by atoms with van der Waals surface area (Å²) in [4.78, 5) is 11.1. The minimum atomic E-state index is -0.308. The third-order valence-corrected chi connectivity index (χ3v) is 1.85. The summed E-state index contributed by atoms with van der Waals surface area (Å²) in [6, 6.07) is 0. The minimum absolute atomic E-state index is 0.00882. The second-order valence-corrected chi connectivity index (χ2v) is 4.19. The van der Waals surface area contributed by atoms with Gasteiger partial charge in [0.1, 0.15) is 6.10 Å². The maximum absolute atomic E-state index is 11.1. The third-order valence-electron chi connectivity index (χ3n) is 1.85. The fourth-order valence-electron chi connectivity index (χ4n) is 0.438. The number of carbonyl (C=O) groups is 1. The van der Waals surface area contributed by atoms with Gasteiger partial charge in [0, 0.05) is 5.57 Å². The zero-order valence-corrected chi connectivity index (χ0v) is 8.60. The van der Waals surface area contributed by atoms with Gasteiger partial charge in [-0.05, 0) is 19.3 Å². The number of esters is 1. The predicted octanol–water partition coefficient (Wildman–Crippen LogP) is 2.54. The maximum Gasteiger partial charge on any atom is 0.333 e. The van der Waals surface area contributed by atoms with Crippen LogP contribution in [0, 0.1) is 5.41 Å². The second-order valence-electron chi connectivity index (χ2n) is 4.19. The number of rotatable bonds is 2. The molecule has 0 spiro atoms. The van der Waals surface area contributed by atoms with E-state index in [0.717, 1.165) is 0 Å². The van der Waals surface area contributed by atoms with E-state index in [1.165, 1.54) is 0 Å². The average molecular weight is 170 g/mol. The van der Waals surface area contributed by atoms with Crippen LogP contribution in [0.1, 0.15) is 34.6 Å². The van der Waals surface area contributed by atoms with E-state index in [2.05, 4.69) is 6.58 Å². The minimum Gasteiger partial charge on any atom is -0.459 e. The molecule has 0 aromatic carbocycles. The Balaban J connectivity index is 4.11. The quantitative estimate of drug-likeness (QED) is 0.470. The van der Waals surface area contributed by atoms with Gasteiger partial charge in [0.2, 0.25) is 0 Å². The van der Waals surface area contributed by atoms with Crippen molar-refractivity contribution in [2.45, 2.75) is 40.7 Å². The first-order valence-corrected chi connectivity index (χ1v) is 4.11. The molecule has 0 saturated carbocycles. The van der Waals surface area contributed by atoms with Gasteiger partial charge in [0.05, 0.1) is 0 Å². The Morgan fingerprint density at radius 1 is 1.42 bits per heavy atom. The summed E-state index contributed by atoms with van der Waals surface area (Å²) in [6.45, 7) is 13.1. The molecule has 0 amide bonds. The molecule has 2 nitrogen and oxygen atoms in total. The number of carbonyl (C=O) groups excluding carboxylic acids is 1. The lowest BCUT2D eigenvalue weighted by Crippen LogP contribution is -2.28. The lowest BCUT2D eigenvalue weighted by Gasteiger charge is -2.26. The highest BCUT2D eigenvalue weighted by atomic mass is 16.5. The van der Waals surface area contributed by atoms with Gasteiger partial charge >= 0.3 is 5.97 Å². The summed E-state index contributed by atoms with van der Waals surface area (Å²) in [6.07, 6.45) is -0.0818. The Kier molecular flexibility index (Phi) is 3.50. The Hall–Kier alpha value is -0.790. The summed E-state index contributed by atoms with van der Waals surface area (Å²) in [5.41, 5.74) is 0.441. The molecule has 0 aromatic rings. The van der Waals surface area contributed by atoms with E-state index in [4.69, 9.17) is 4.74 Å². The molecule has 0 radical (unpaired) electrons. The van der Waals surface area contributed by atoms with Crippen molar-refractivity contribution in [1.82, 2.24) is 0 Å². The summed E-state index contributed by atoms with van der Waals surface area (Å²) in [5, 5.41) is 0. The first-order chi connectivity index (χ1) is 5.25. The molecule has 0 fully saturated rings. The van der Waals surface area contributed by atoms with Gasteiger partial charge < -0.3 is 4.74 Å². The number of ether oxygens (including phenoxy) is 1. The molecule has 70 valence electrons. The van der Waals surface area contributed by atoms with Crippen molar-refractivity contribution in [3.8, 4) is 0 Å². The maximum atomic E-state index is 11.1. The monoisotopic (exact) mass is 170 g/mol. The Morgan fingerprint density at radius 2 is 1.83 bits per heavy atom. The van der Waals surface area contributed by atoms with Crippen molar-refractivity contribution in [3.63, 3.8) is 0 Å². The molecule has 12 heavy (non-hydrogen) atoms. The molecule has 0 saturated heterocycles.